The van der Waals surface area contributed by atoms with Gasteiger partial charge >= 0.3 is 0 Å². The largest absolute Gasteiger partial charge is 0.305 e. The predicted molar refractivity (Wildman–Crippen MR) is 60.2 cm³/mol. The smallest absolute Gasteiger partial charge is 0.239 e. The Morgan fingerprint density at radius 1 is 1.40 bits per heavy atom. The lowest BCUT2D eigenvalue weighted by Gasteiger charge is -2.11. The van der Waals surface area contributed by atoms with Crippen molar-refractivity contribution < 1.29 is 8.42 Å². The summed E-state index contributed by atoms with van der Waals surface area (Å²) in [5.41, 5.74) is 0.855. The molecule has 0 amide bonds. The Morgan fingerprint density at radius 2 is 2.00 bits per heavy atom. The van der Waals surface area contributed by atoms with Crippen LogP contribution in [-0.2, 0) is 16.6 Å². The summed E-state index contributed by atoms with van der Waals surface area (Å²) in [4.78, 5) is 1.90. The van der Waals surface area contributed by atoms with Crippen LogP contribution < -0.4 is 5.14 Å². The van der Waals surface area contributed by atoms with Gasteiger partial charge in [-0.15, -0.1) is 0 Å². The summed E-state index contributed by atoms with van der Waals surface area (Å²) < 4.78 is 22.3. The molecule has 6 heteroatoms. The van der Waals surface area contributed by atoms with Crippen LogP contribution in [0.25, 0.3) is 0 Å². The number of sulfonamides is 1. The topological polar surface area (TPSA) is 63.4 Å². The highest BCUT2D eigenvalue weighted by Crippen LogP contribution is 2.21. The molecule has 0 heterocycles. The zero-order chi connectivity index (χ0) is 11.6. The Kier molecular flexibility index (Phi) is 3.72. The zero-order valence-electron chi connectivity index (χ0n) is 8.57. The summed E-state index contributed by atoms with van der Waals surface area (Å²) >= 11 is 5.74. The normalized spacial score (nSPS) is 12.1. The maximum Gasteiger partial charge on any atom is 0.239 e. The van der Waals surface area contributed by atoms with Gasteiger partial charge in [0.05, 0.1) is 5.02 Å². The van der Waals surface area contributed by atoms with E-state index in [2.05, 4.69) is 0 Å². The van der Waals surface area contributed by atoms with Crippen LogP contribution in [0.2, 0.25) is 5.02 Å². The van der Waals surface area contributed by atoms with Crippen molar-refractivity contribution in [1.29, 1.82) is 0 Å². The third kappa shape index (κ3) is 3.46. The van der Waals surface area contributed by atoms with E-state index in [0.29, 0.717) is 6.54 Å². The molecule has 1 aromatic carbocycles. The van der Waals surface area contributed by atoms with E-state index in [9.17, 15) is 8.42 Å². The van der Waals surface area contributed by atoms with Crippen molar-refractivity contribution in [2.24, 2.45) is 5.14 Å². The molecule has 1 aromatic rings. The molecule has 0 aliphatic rings. The molecule has 0 aliphatic carbocycles. The van der Waals surface area contributed by atoms with E-state index in [1.54, 1.807) is 12.1 Å². The number of primary sulfonamides is 1. The standard InChI is InChI=1S/C9H13ClN2O2S/c1-12(2)6-7-3-4-8(10)9(5-7)15(11,13)14/h3-5H,6H2,1-2H3,(H2,11,13,14). The molecule has 0 radical (unpaired) electrons. The molecule has 2 N–H and O–H groups in total. The second kappa shape index (κ2) is 4.49. The van der Waals surface area contributed by atoms with Crippen LogP contribution in [0.1, 0.15) is 5.56 Å². The molecule has 0 spiro atoms. The summed E-state index contributed by atoms with van der Waals surface area (Å²) in [6.07, 6.45) is 0. The Balaban J connectivity index is 3.18. The predicted octanol–water partition coefficient (Wildman–Crippen LogP) is 1.05. The van der Waals surface area contributed by atoms with Gasteiger partial charge in [-0.3, -0.25) is 0 Å². The molecule has 0 bridgehead atoms. The first-order valence-electron chi connectivity index (χ1n) is 4.26. The van der Waals surface area contributed by atoms with E-state index in [1.807, 2.05) is 19.0 Å². The van der Waals surface area contributed by atoms with Crippen molar-refractivity contribution in [3.8, 4) is 0 Å². The van der Waals surface area contributed by atoms with Gasteiger partial charge in [0.15, 0.2) is 0 Å². The lowest BCUT2D eigenvalue weighted by molar-refractivity contribution is 0.402. The molecule has 15 heavy (non-hydrogen) atoms. The lowest BCUT2D eigenvalue weighted by Crippen LogP contribution is -2.15. The number of halogens is 1. The maximum absolute atomic E-state index is 11.2. The SMILES string of the molecule is CN(C)Cc1ccc(Cl)c(S(N)(=O)=O)c1. The Morgan fingerprint density at radius 3 is 2.47 bits per heavy atom. The molecule has 0 aromatic heterocycles. The van der Waals surface area contributed by atoms with Gasteiger partial charge < -0.3 is 4.90 Å². The van der Waals surface area contributed by atoms with Crippen LogP contribution in [0.3, 0.4) is 0 Å². The summed E-state index contributed by atoms with van der Waals surface area (Å²) in [5.74, 6) is 0. The van der Waals surface area contributed by atoms with Crippen LogP contribution >= 0.6 is 11.6 Å². The van der Waals surface area contributed by atoms with E-state index in [-0.39, 0.29) is 9.92 Å². The number of nitrogens with two attached hydrogens (primary N) is 1. The van der Waals surface area contributed by atoms with E-state index in [4.69, 9.17) is 16.7 Å². The van der Waals surface area contributed by atoms with E-state index in [0.717, 1.165) is 5.56 Å². The molecular formula is C9H13ClN2O2S. The second-order valence-corrected chi connectivity index (χ2v) is 5.48. The van der Waals surface area contributed by atoms with Crippen LogP contribution in [0.4, 0.5) is 0 Å². The van der Waals surface area contributed by atoms with Crippen molar-refractivity contribution >= 4 is 21.6 Å². The van der Waals surface area contributed by atoms with Crippen molar-refractivity contribution in [3.63, 3.8) is 0 Å². The molecule has 0 fully saturated rings. The summed E-state index contributed by atoms with van der Waals surface area (Å²) in [6, 6.07) is 4.81. The van der Waals surface area contributed by atoms with Crippen molar-refractivity contribution in [3.05, 3.63) is 28.8 Å². The number of rotatable bonds is 3. The fraction of sp³-hybridized carbons (Fsp3) is 0.333. The fourth-order valence-electron chi connectivity index (χ4n) is 1.23. The van der Waals surface area contributed by atoms with Gasteiger partial charge in [-0.25, -0.2) is 13.6 Å². The summed E-state index contributed by atoms with van der Waals surface area (Å²) in [5, 5.41) is 5.18. The number of hydrogen-bond donors (Lipinski definition) is 1. The number of benzene rings is 1. The van der Waals surface area contributed by atoms with Crippen LogP contribution in [-0.4, -0.2) is 27.4 Å². The Labute approximate surface area is 94.7 Å². The highest BCUT2D eigenvalue weighted by atomic mass is 35.5. The molecule has 0 unspecified atom stereocenters. The first-order chi connectivity index (χ1) is 6.80. The van der Waals surface area contributed by atoms with Crippen LogP contribution in [0.15, 0.2) is 23.1 Å². The van der Waals surface area contributed by atoms with Crippen molar-refractivity contribution in [2.45, 2.75) is 11.4 Å². The van der Waals surface area contributed by atoms with Crippen LogP contribution in [0, 0.1) is 0 Å². The third-order valence-corrected chi connectivity index (χ3v) is 3.19. The molecule has 0 saturated carbocycles. The average Bonchev–Trinajstić information content (AvgIpc) is 2.05. The highest BCUT2D eigenvalue weighted by molar-refractivity contribution is 7.89. The van der Waals surface area contributed by atoms with Gasteiger partial charge in [0.25, 0.3) is 0 Å². The number of nitrogens with zero attached hydrogens (tertiary/aromatic N) is 1. The maximum atomic E-state index is 11.2. The minimum absolute atomic E-state index is 0.0245. The quantitative estimate of drug-likeness (QED) is 0.870. The van der Waals surface area contributed by atoms with E-state index >= 15 is 0 Å². The third-order valence-electron chi connectivity index (χ3n) is 1.80. The number of hydrogen-bond acceptors (Lipinski definition) is 3. The Hall–Kier alpha value is -0.620. The molecule has 1 rings (SSSR count). The summed E-state index contributed by atoms with van der Waals surface area (Å²) in [6.45, 7) is 0.639. The van der Waals surface area contributed by atoms with Crippen LogP contribution in [0.5, 0.6) is 0 Å². The molecular weight excluding hydrogens is 236 g/mol. The minimum atomic E-state index is -3.74. The van der Waals surface area contributed by atoms with Gasteiger partial charge in [0, 0.05) is 6.54 Å². The monoisotopic (exact) mass is 248 g/mol. The second-order valence-electron chi connectivity index (χ2n) is 3.55. The first kappa shape index (κ1) is 12.4. The molecule has 0 saturated heterocycles. The summed E-state index contributed by atoms with van der Waals surface area (Å²) in [7, 11) is 0.0459. The average molecular weight is 249 g/mol. The van der Waals surface area contributed by atoms with Gasteiger partial charge in [-0.2, -0.15) is 0 Å². The van der Waals surface area contributed by atoms with Crippen molar-refractivity contribution in [1.82, 2.24) is 4.90 Å². The molecule has 0 aliphatic heterocycles. The minimum Gasteiger partial charge on any atom is -0.305 e. The van der Waals surface area contributed by atoms with Gasteiger partial charge in [0.2, 0.25) is 10.0 Å². The molecule has 0 atom stereocenters. The fourth-order valence-corrected chi connectivity index (χ4v) is 2.32. The molecule has 4 nitrogen and oxygen atoms in total. The van der Waals surface area contributed by atoms with Gasteiger partial charge in [-0.05, 0) is 31.8 Å². The Bertz CT molecular complexity index is 457. The highest BCUT2D eigenvalue weighted by Gasteiger charge is 2.13. The lowest BCUT2D eigenvalue weighted by atomic mass is 10.2. The molecule has 84 valence electrons. The van der Waals surface area contributed by atoms with E-state index in [1.165, 1.54) is 6.07 Å². The van der Waals surface area contributed by atoms with E-state index < -0.39 is 10.0 Å². The zero-order valence-corrected chi connectivity index (χ0v) is 10.1. The van der Waals surface area contributed by atoms with Crippen molar-refractivity contribution in [2.75, 3.05) is 14.1 Å². The first-order valence-corrected chi connectivity index (χ1v) is 6.19. The van der Waals surface area contributed by atoms with Gasteiger partial charge in [0.1, 0.15) is 4.90 Å². The van der Waals surface area contributed by atoms with Gasteiger partial charge in [-0.1, -0.05) is 17.7 Å².